The molecule has 0 N–H and O–H groups in total. The lowest BCUT2D eigenvalue weighted by atomic mass is 9.95. The van der Waals surface area contributed by atoms with E-state index in [2.05, 4.69) is 19.9 Å². The summed E-state index contributed by atoms with van der Waals surface area (Å²) in [7, 11) is 0. The standard InChI is InChI=1S/C11H19NO/c1-4-5-10(8-12)11(13)7-6-9(2)3/h9-10H,4-7H2,1-3H3. The molecule has 0 aliphatic carbocycles. The molecule has 0 saturated carbocycles. The minimum atomic E-state index is -0.358. The van der Waals surface area contributed by atoms with Gasteiger partial charge in [0.1, 0.15) is 11.7 Å². The molecule has 0 rings (SSSR count). The smallest absolute Gasteiger partial charge is 0.150 e. The van der Waals surface area contributed by atoms with E-state index in [1.54, 1.807) is 0 Å². The molecule has 0 aliphatic rings. The molecule has 2 nitrogen and oxygen atoms in total. The molecule has 0 amide bonds. The van der Waals surface area contributed by atoms with Gasteiger partial charge in [-0.15, -0.1) is 0 Å². The number of carbonyl (C=O) groups excluding carboxylic acids is 1. The molecule has 1 atom stereocenters. The number of ketones is 1. The normalized spacial score (nSPS) is 12.5. The Bertz CT molecular complexity index is 191. The van der Waals surface area contributed by atoms with Crippen molar-refractivity contribution < 1.29 is 4.79 Å². The van der Waals surface area contributed by atoms with E-state index in [9.17, 15) is 4.79 Å². The molecular weight excluding hydrogens is 162 g/mol. The predicted octanol–water partition coefficient (Wildman–Crippen LogP) is 2.93. The van der Waals surface area contributed by atoms with Crippen LogP contribution in [0.3, 0.4) is 0 Å². The molecule has 74 valence electrons. The van der Waals surface area contributed by atoms with Crippen molar-refractivity contribution in [2.45, 2.75) is 46.5 Å². The van der Waals surface area contributed by atoms with E-state index in [-0.39, 0.29) is 11.7 Å². The van der Waals surface area contributed by atoms with Gasteiger partial charge in [-0.3, -0.25) is 4.79 Å². The predicted molar refractivity (Wildman–Crippen MR) is 53.1 cm³/mol. The third-order valence-electron chi connectivity index (χ3n) is 2.09. The number of nitrogens with zero attached hydrogens (tertiary/aromatic N) is 1. The number of Topliss-reactive ketones (excluding diaryl/α,β-unsaturated/α-hetero) is 1. The monoisotopic (exact) mass is 181 g/mol. The van der Waals surface area contributed by atoms with E-state index in [1.165, 1.54) is 0 Å². The summed E-state index contributed by atoms with van der Waals surface area (Å²) in [6.45, 7) is 6.18. The molecule has 0 aliphatic heterocycles. The van der Waals surface area contributed by atoms with Crippen LogP contribution in [0.25, 0.3) is 0 Å². The van der Waals surface area contributed by atoms with Crippen LogP contribution >= 0.6 is 0 Å². The molecule has 0 aromatic rings. The Balaban J connectivity index is 3.86. The lowest BCUT2D eigenvalue weighted by Crippen LogP contribution is -2.12. The largest absolute Gasteiger partial charge is 0.298 e. The molecule has 0 aromatic carbocycles. The number of hydrogen-bond donors (Lipinski definition) is 0. The first-order valence-electron chi connectivity index (χ1n) is 5.04. The van der Waals surface area contributed by atoms with Crippen LogP contribution in [0.2, 0.25) is 0 Å². The summed E-state index contributed by atoms with van der Waals surface area (Å²) in [5.74, 6) is 0.312. The summed E-state index contributed by atoms with van der Waals surface area (Å²) in [4.78, 5) is 11.4. The summed E-state index contributed by atoms with van der Waals surface area (Å²) in [6, 6.07) is 2.08. The minimum absolute atomic E-state index is 0.123. The van der Waals surface area contributed by atoms with Crippen molar-refractivity contribution in [2.75, 3.05) is 0 Å². The molecule has 0 fully saturated rings. The molecule has 0 saturated heterocycles. The molecular formula is C11H19NO. The Morgan fingerprint density at radius 1 is 1.38 bits per heavy atom. The second kappa shape index (κ2) is 6.65. The fourth-order valence-corrected chi connectivity index (χ4v) is 1.19. The van der Waals surface area contributed by atoms with Gasteiger partial charge >= 0.3 is 0 Å². The van der Waals surface area contributed by atoms with Gasteiger partial charge in [-0.1, -0.05) is 27.2 Å². The van der Waals surface area contributed by atoms with Crippen molar-refractivity contribution in [2.24, 2.45) is 11.8 Å². The first-order chi connectivity index (χ1) is 6.11. The van der Waals surface area contributed by atoms with E-state index in [1.807, 2.05) is 6.92 Å². The van der Waals surface area contributed by atoms with Crippen LogP contribution in [-0.4, -0.2) is 5.78 Å². The molecule has 0 bridgehead atoms. The van der Waals surface area contributed by atoms with Crippen LogP contribution in [0.1, 0.15) is 46.5 Å². The Labute approximate surface area is 80.9 Å². The van der Waals surface area contributed by atoms with Gasteiger partial charge in [-0.2, -0.15) is 5.26 Å². The van der Waals surface area contributed by atoms with Gasteiger partial charge in [0.2, 0.25) is 0 Å². The van der Waals surface area contributed by atoms with Gasteiger partial charge in [-0.05, 0) is 18.8 Å². The van der Waals surface area contributed by atoms with Crippen molar-refractivity contribution in [1.82, 2.24) is 0 Å². The third-order valence-corrected chi connectivity index (χ3v) is 2.09. The highest BCUT2D eigenvalue weighted by molar-refractivity contribution is 5.83. The molecule has 0 aromatic heterocycles. The van der Waals surface area contributed by atoms with Gasteiger partial charge in [0.15, 0.2) is 0 Å². The SMILES string of the molecule is CCCC(C#N)C(=O)CCC(C)C. The highest BCUT2D eigenvalue weighted by Gasteiger charge is 2.16. The van der Waals surface area contributed by atoms with E-state index in [4.69, 9.17) is 5.26 Å². The summed E-state index contributed by atoms with van der Waals surface area (Å²) in [5, 5.41) is 8.72. The first kappa shape index (κ1) is 12.2. The Morgan fingerprint density at radius 3 is 2.38 bits per heavy atom. The zero-order chi connectivity index (χ0) is 10.3. The number of hydrogen-bond acceptors (Lipinski definition) is 2. The molecule has 0 spiro atoms. The van der Waals surface area contributed by atoms with Gasteiger partial charge in [0.05, 0.1) is 6.07 Å². The van der Waals surface area contributed by atoms with Crippen molar-refractivity contribution >= 4 is 5.78 Å². The molecule has 2 heteroatoms. The van der Waals surface area contributed by atoms with E-state index < -0.39 is 0 Å². The van der Waals surface area contributed by atoms with Crippen LogP contribution in [0, 0.1) is 23.2 Å². The zero-order valence-corrected chi connectivity index (χ0v) is 8.84. The highest BCUT2D eigenvalue weighted by Crippen LogP contribution is 2.12. The van der Waals surface area contributed by atoms with Crippen molar-refractivity contribution in [3.05, 3.63) is 0 Å². The Kier molecular flexibility index (Phi) is 6.22. The van der Waals surface area contributed by atoms with E-state index in [0.29, 0.717) is 18.8 Å². The minimum Gasteiger partial charge on any atom is -0.298 e. The fraction of sp³-hybridized carbons (Fsp3) is 0.818. The van der Waals surface area contributed by atoms with Crippen LogP contribution in [0.15, 0.2) is 0 Å². The summed E-state index contributed by atoms with van der Waals surface area (Å²) >= 11 is 0. The lowest BCUT2D eigenvalue weighted by Gasteiger charge is -2.07. The molecule has 1 unspecified atom stereocenters. The van der Waals surface area contributed by atoms with Crippen molar-refractivity contribution in [1.29, 1.82) is 5.26 Å². The molecule has 0 radical (unpaired) electrons. The second-order valence-electron chi connectivity index (χ2n) is 3.87. The lowest BCUT2D eigenvalue weighted by molar-refractivity contribution is -0.121. The van der Waals surface area contributed by atoms with Gasteiger partial charge in [0, 0.05) is 6.42 Å². The van der Waals surface area contributed by atoms with Gasteiger partial charge < -0.3 is 0 Å². The van der Waals surface area contributed by atoms with Gasteiger partial charge in [0.25, 0.3) is 0 Å². The maximum Gasteiger partial charge on any atom is 0.150 e. The zero-order valence-electron chi connectivity index (χ0n) is 8.84. The average molecular weight is 181 g/mol. The number of rotatable bonds is 6. The molecule has 13 heavy (non-hydrogen) atoms. The van der Waals surface area contributed by atoms with Crippen LogP contribution < -0.4 is 0 Å². The summed E-state index contributed by atoms with van der Waals surface area (Å²) in [5.41, 5.74) is 0. The third kappa shape index (κ3) is 5.41. The number of carbonyl (C=O) groups is 1. The van der Waals surface area contributed by atoms with Crippen molar-refractivity contribution in [3.8, 4) is 6.07 Å². The maximum absolute atomic E-state index is 11.4. The number of nitriles is 1. The topological polar surface area (TPSA) is 40.9 Å². The average Bonchev–Trinajstić information content (AvgIpc) is 2.10. The van der Waals surface area contributed by atoms with E-state index >= 15 is 0 Å². The van der Waals surface area contributed by atoms with Crippen LogP contribution in [-0.2, 0) is 4.79 Å². The first-order valence-corrected chi connectivity index (χ1v) is 5.04. The maximum atomic E-state index is 11.4. The van der Waals surface area contributed by atoms with Crippen LogP contribution in [0.4, 0.5) is 0 Å². The quantitative estimate of drug-likeness (QED) is 0.632. The Hall–Kier alpha value is -0.840. The van der Waals surface area contributed by atoms with Crippen LogP contribution in [0.5, 0.6) is 0 Å². The van der Waals surface area contributed by atoms with Crippen molar-refractivity contribution in [3.63, 3.8) is 0 Å². The Morgan fingerprint density at radius 2 is 2.00 bits per heavy atom. The summed E-state index contributed by atoms with van der Waals surface area (Å²) < 4.78 is 0. The molecule has 0 heterocycles. The summed E-state index contributed by atoms with van der Waals surface area (Å²) in [6.07, 6.45) is 3.09. The highest BCUT2D eigenvalue weighted by atomic mass is 16.1. The fourth-order valence-electron chi connectivity index (χ4n) is 1.19. The van der Waals surface area contributed by atoms with Gasteiger partial charge in [-0.25, -0.2) is 0 Å². The second-order valence-corrected chi connectivity index (χ2v) is 3.87. The van der Waals surface area contributed by atoms with E-state index in [0.717, 1.165) is 12.8 Å².